The SMILES string of the molecule is COC(=O)c1ccc(NC(=O)Cc2cc(C)ccc2OC)cc1. The van der Waals surface area contributed by atoms with E-state index in [9.17, 15) is 9.59 Å². The van der Waals surface area contributed by atoms with Gasteiger partial charge in [-0.15, -0.1) is 0 Å². The monoisotopic (exact) mass is 313 g/mol. The molecule has 0 spiro atoms. The Balaban J connectivity index is 2.05. The number of nitrogens with one attached hydrogen (secondary N) is 1. The van der Waals surface area contributed by atoms with Crippen molar-refractivity contribution < 1.29 is 19.1 Å². The number of rotatable bonds is 5. The molecule has 0 aliphatic heterocycles. The van der Waals surface area contributed by atoms with E-state index in [2.05, 4.69) is 10.1 Å². The van der Waals surface area contributed by atoms with Crippen LogP contribution in [0.2, 0.25) is 0 Å². The summed E-state index contributed by atoms with van der Waals surface area (Å²) in [6.45, 7) is 1.96. The molecule has 0 aliphatic rings. The molecule has 2 aromatic rings. The van der Waals surface area contributed by atoms with E-state index in [1.807, 2.05) is 25.1 Å². The van der Waals surface area contributed by atoms with Crippen LogP contribution in [0, 0.1) is 6.92 Å². The van der Waals surface area contributed by atoms with Crippen LogP contribution in [-0.2, 0) is 16.0 Å². The van der Waals surface area contributed by atoms with Gasteiger partial charge in [0.2, 0.25) is 5.91 Å². The van der Waals surface area contributed by atoms with Crippen LogP contribution in [-0.4, -0.2) is 26.1 Å². The van der Waals surface area contributed by atoms with Crippen molar-refractivity contribution >= 4 is 17.6 Å². The molecule has 0 aliphatic carbocycles. The van der Waals surface area contributed by atoms with Gasteiger partial charge in [-0.1, -0.05) is 17.7 Å². The normalized spacial score (nSPS) is 10.0. The molecule has 120 valence electrons. The summed E-state index contributed by atoms with van der Waals surface area (Å²) < 4.78 is 9.91. The van der Waals surface area contributed by atoms with Gasteiger partial charge in [-0.05, 0) is 37.3 Å². The van der Waals surface area contributed by atoms with Gasteiger partial charge in [0, 0.05) is 11.3 Å². The highest BCUT2D eigenvalue weighted by Crippen LogP contribution is 2.21. The Hall–Kier alpha value is -2.82. The number of hydrogen-bond donors (Lipinski definition) is 1. The average molecular weight is 313 g/mol. The highest BCUT2D eigenvalue weighted by molar-refractivity contribution is 5.94. The molecule has 1 amide bonds. The number of aryl methyl sites for hydroxylation is 1. The fourth-order valence-corrected chi connectivity index (χ4v) is 2.23. The predicted octanol–water partition coefficient (Wildman–Crippen LogP) is 2.97. The first kappa shape index (κ1) is 16.5. The van der Waals surface area contributed by atoms with Crippen molar-refractivity contribution in [1.82, 2.24) is 0 Å². The van der Waals surface area contributed by atoms with E-state index >= 15 is 0 Å². The molecular weight excluding hydrogens is 294 g/mol. The number of ether oxygens (including phenoxy) is 2. The van der Waals surface area contributed by atoms with Gasteiger partial charge < -0.3 is 14.8 Å². The minimum atomic E-state index is -0.410. The van der Waals surface area contributed by atoms with Gasteiger partial charge >= 0.3 is 5.97 Å². The summed E-state index contributed by atoms with van der Waals surface area (Å²) in [4.78, 5) is 23.5. The highest BCUT2D eigenvalue weighted by Gasteiger charge is 2.10. The van der Waals surface area contributed by atoms with Crippen molar-refractivity contribution in [2.75, 3.05) is 19.5 Å². The first-order valence-corrected chi connectivity index (χ1v) is 7.15. The fourth-order valence-electron chi connectivity index (χ4n) is 2.23. The third-order valence-electron chi connectivity index (χ3n) is 3.38. The second-order valence-electron chi connectivity index (χ2n) is 5.11. The molecule has 0 atom stereocenters. The number of methoxy groups -OCH3 is 2. The van der Waals surface area contributed by atoms with Crippen LogP contribution in [0.1, 0.15) is 21.5 Å². The largest absolute Gasteiger partial charge is 0.496 e. The van der Waals surface area contributed by atoms with Crippen molar-refractivity contribution in [3.8, 4) is 5.75 Å². The number of benzene rings is 2. The van der Waals surface area contributed by atoms with Crippen LogP contribution in [0.25, 0.3) is 0 Å². The van der Waals surface area contributed by atoms with Gasteiger partial charge in [0.15, 0.2) is 0 Å². The molecule has 0 saturated carbocycles. The number of carbonyl (C=O) groups is 2. The van der Waals surface area contributed by atoms with E-state index in [-0.39, 0.29) is 12.3 Å². The highest BCUT2D eigenvalue weighted by atomic mass is 16.5. The zero-order valence-corrected chi connectivity index (χ0v) is 13.4. The van der Waals surface area contributed by atoms with E-state index in [4.69, 9.17) is 4.74 Å². The number of hydrogen-bond acceptors (Lipinski definition) is 4. The minimum absolute atomic E-state index is 0.153. The van der Waals surface area contributed by atoms with E-state index in [1.54, 1.807) is 31.4 Å². The lowest BCUT2D eigenvalue weighted by Crippen LogP contribution is -2.15. The second-order valence-corrected chi connectivity index (χ2v) is 5.11. The maximum atomic E-state index is 12.2. The molecule has 5 heteroatoms. The lowest BCUT2D eigenvalue weighted by molar-refractivity contribution is -0.115. The molecule has 0 bridgehead atoms. The summed E-state index contributed by atoms with van der Waals surface area (Å²) in [5, 5.41) is 2.80. The van der Waals surface area contributed by atoms with Gasteiger partial charge in [0.1, 0.15) is 5.75 Å². The van der Waals surface area contributed by atoms with Crippen LogP contribution < -0.4 is 10.1 Å². The van der Waals surface area contributed by atoms with Gasteiger partial charge in [0.25, 0.3) is 0 Å². The van der Waals surface area contributed by atoms with E-state index in [1.165, 1.54) is 7.11 Å². The second kappa shape index (κ2) is 7.45. The van der Waals surface area contributed by atoms with Crippen molar-refractivity contribution in [2.45, 2.75) is 13.3 Å². The zero-order chi connectivity index (χ0) is 16.8. The Morgan fingerprint density at radius 3 is 2.35 bits per heavy atom. The Kier molecular flexibility index (Phi) is 5.36. The van der Waals surface area contributed by atoms with E-state index in [0.29, 0.717) is 17.0 Å². The van der Waals surface area contributed by atoms with Crippen molar-refractivity contribution in [2.24, 2.45) is 0 Å². The Morgan fingerprint density at radius 1 is 1.04 bits per heavy atom. The van der Waals surface area contributed by atoms with Crippen molar-refractivity contribution in [3.63, 3.8) is 0 Å². The van der Waals surface area contributed by atoms with E-state index in [0.717, 1.165) is 11.1 Å². The smallest absolute Gasteiger partial charge is 0.337 e. The third kappa shape index (κ3) is 4.32. The molecular formula is C18H19NO4. The molecule has 0 aromatic heterocycles. The molecule has 0 radical (unpaired) electrons. The van der Waals surface area contributed by atoms with E-state index < -0.39 is 5.97 Å². The van der Waals surface area contributed by atoms with Crippen LogP contribution in [0.5, 0.6) is 5.75 Å². The molecule has 2 rings (SSSR count). The van der Waals surface area contributed by atoms with Crippen molar-refractivity contribution in [3.05, 3.63) is 59.2 Å². The zero-order valence-electron chi connectivity index (χ0n) is 13.4. The first-order valence-electron chi connectivity index (χ1n) is 7.15. The number of carbonyl (C=O) groups excluding carboxylic acids is 2. The van der Waals surface area contributed by atoms with Crippen LogP contribution in [0.15, 0.2) is 42.5 Å². The van der Waals surface area contributed by atoms with Gasteiger partial charge in [-0.3, -0.25) is 4.79 Å². The van der Waals surface area contributed by atoms with Crippen LogP contribution in [0.4, 0.5) is 5.69 Å². The first-order chi connectivity index (χ1) is 11.0. The Labute approximate surface area is 135 Å². The molecule has 0 heterocycles. The summed E-state index contributed by atoms with van der Waals surface area (Å²) in [6.07, 6.45) is 0.212. The lowest BCUT2D eigenvalue weighted by atomic mass is 10.1. The minimum Gasteiger partial charge on any atom is -0.496 e. The number of anilines is 1. The van der Waals surface area contributed by atoms with Gasteiger partial charge in [-0.25, -0.2) is 4.79 Å². The maximum absolute atomic E-state index is 12.2. The molecule has 0 fully saturated rings. The molecule has 2 aromatic carbocycles. The standard InChI is InChI=1S/C18H19NO4/c1-12-4-9-16(22-2)14(10-12)11-17(20)19-15-7-5-13(6-8-15)18(21)23-3/h4-10H,11H2,1-3H3,(H,19,20). The van der Waals surface area contributed by atoms with Gasteiger partial charge in [-0.2, -0.15) is 0 Å². The summed E-state index contributed by atoms with van der Waals surface area (Å²) in [5.41, 5.74) is 2.95. The molecule has 1 N–H and O–H groups in total. The molecule has 0 unspecified atom stereocenters. The van der Waals surface area contributed by atoms with Gasteiger partial charge in [0.05, 0.1) is 26.2 Å². The number of amides is 1. The topological polar surface area (TPSA) is 64.6 Å². The predicted molar refractivity (Wildman–Crippen MR) is 87.8 cm³/mol. The maximum Gasteiger partial charge on any atom is 0.337 e. The summed E-state index contributed by atoms with van der Waals surface area (Å²) in [7, 11) is 2.91. The fraction of sp³-hybridized carbons (Fsp3) is 0.222. The Morgan fingerprint density at radius 2 is 1.74 bits per heavy atom. The summed E-state index contributed by atoms with van der Waals surface area (Å²) >= 11 is 0. The molecule has 23 heavy (non-hydrogen) atoms. The number of esters is 1. The summed E-state index contributed by atoms with van der Waals surface area (Å²) in [5.74, 6) is 0.124. The van der Waals surface area contributed by atoms with Crippen molar-refractivity contribution in [1.29, 1.82) is 0 Å². The lowest BCUT2D eigenvalue weighted by Gasteiger charge is -2.10. The third-order valence-corrected chi connectivity index (χ3v) is 3.38. The quantitative estimate of drug-likeness (QED) is 0.862. The average Bonchev–Trinajstić information content (AvgIpc) is 2.55. The van der Waals surface area contributed by atoms with Crippen LogP contribution >= 0.6 is 0 Å². The van der Waals surface area contributed by atoms with Crippen LogP contribution in [0.3, 0.4) is 0 Å². The molecule has 5 nitrogen and oxygen atoms in total. The molecule has 0 saturated heterocycles. The Bertz CT molecular complexity index is 707. The summed E-state index contributed by atoms with van der Waals surface area (Å²) in [6, 6.07) is 12.3.